The van der Waals surface area contributed by atoms with Crippen LogP contribution in [0.4, 0.5) is 0 Å². The molecule has 0 bridgehead atoms. The van der Waals surface area contributed by atoms with Gasteiger partial charge < -0.3 is 151 Å². The number of carbonyl (C=O) groups excluding carboxylic acids is 11. The second-order valence-corrected chi connectivity index (χ2v) is 33.5. The molecule has 4 rings (SSSR count). The summed E-state index contributed by atoms with van der Waals surface area (Å²) in [6, 6.07) is -3.71. The van der Waals surface area contributed by atoms with Gasteiger partial charge in [-0.3, -0.25) is 57.3 Å². The van der Waals surface area contributed by atoms with Crippen molar-refractivity contribution in [2.45, 2.75) is 299 Å². The number of likely N-dealkylation sites (tertiary alicyclic amines) is 1. The number of Topliss-reactive ketones (excluding diaryl/α,β-unsaturated/α-hetero) is 1. The summed E-state index contributed by atoms with van der Waals surface area (Å²) in [4.78, 5) is 160. The number of nitrogens with zero attached hydrogens (tertiary/aromatic N) is 1. The maximum Gasteiger partial charge on any atom is 0.469 e. The molecule has 0 aromatic carbocycles. The number of nitrogens with one attached hydrogen (secondary N) is 9. The smallest absolute Gasteiger partial charge is 0.394 e. The van der Waals surface area contributed by atoms with Crippen LogP contribution in [0.2, 0.25) is 0 Å². The van der Waals surface area contributed by atoms with Gasteiger partial charge in [-0.15, -0.1) is 0 Å². The monoisotopic (exact) mass is 1800 g/mol. The first-order valence-corrected chi connectivity index (χ1v) is 45.1. The van der Waals surface area contributed by atoms with E-state index in [1.54, 1.807) is 4.90 Å². The lowest BCUT2D eigenvalue weighted by Gasteiger charge is -2.42. The Morgan fingerprint density at radius 3 is 1.00 bits per heavy atom. The zero-order valence-electron chi connectivity index (χ0n) is 72.3. The Balaban J connectivity index is 1.31. The Kier molecular flexibility index (Phi) is 55.1. The molecule has 0 saturated carbocycles. The summed E-state index contributed by atoms with van der Waals surface area (Å²) in [5.41, 5.74) is -1.20. The average Bonchev–Trinajstić information content (AvgIpc) is 1.01. The molecule has 0 aromatic heterocycles. The first-order valence-electron chi connectivity index (χ1n) is 43.6. The maximum absolute atomic E-state index is 14.2. The number of ketones is 1. The summed E-state index contributed by atoms with van der Waals surface area (Å²) in [6.07, 6.45) is -4.91. The lowest BCUT2D eigenvalue weighted by Crippen LogP contribution is -2.64. The molecule has 43 nitrogen and oxygen atoms in total. The Morgan fingerprint density at radius 2 is 0.694 bits per heavy atom. The van der Waals surface area contributed by atoms with Crippen LogP contribution in [0.5, 0.6) is 0 Å². The predicted molar refractivity (Wildman–Crippen MR) is 439 cm³/mol. The molecule has 4 fully saturated rings. The number of ether oxygens (including phenoxy) is 9. The Hall–Kier alpha value is -6.24. The largest absolute Gasteiger partial charge is 0.469 e. The van der Waals surface area contributed by atoms with Gasteiger partial charge in [-0.25, -0.2) is 4.57 Å². The summed E-state index contributed by atoms with van der Waals surface area (Å²) in [7, 11) is -4.69. The fourth-order valence-corrected chi connectivity index (χ4v) is 14.9. The van der Waals surface area contributed by atoms with Crippen LogP contribution >= 0.6 is 7.82 Å². The third-order valence-electron chi connectivity index (χ3n) is 21.2. The highest BCUT2D eigenvalue weighted by Gasteiger charge is 2.48. The topological polar surface area (TPSA) is 631 Å². The van der Waals surface area contributed by atoms with Gasteiger partial charge in [0.2, 0.25) is 59.1 Å². The van der Waals surface area contributed by atoms with Gasteiger partial charge in [-0.2, -0.15) is 0 Å². The molecule has 15 unspecified atom stereocenters. The Morgan fingerprint density at radius 1 is 0.395 bits per heavy atom. The van der Waals surface area contributed by atoms with Gasteiger partial charge in [0.05, 0.1) is 72.1 Å². The molecule has 17 atom stereocenters. The number of amides is 10. The highest BCUT2D eigenvalue weighted by molar-refractivity contribution is 7.46. The number of carbonyl (C=O) groups is 11. The van der Waals surface area contributed by atoms with Gasteiger partial charge in [0.1, 0.15) is 78.8 Å². The summed E-state index contributed by atoms with van der Waals surface area (Å²) in [5.74, 6) is -3.42. The van der Waals surface area contributed by atoms with Crippen LogP contribution in [0, 0.1) is 11.3 Å². The zero-order valence-corrected chi connectivity index (χ0v) is 73.2. The van der Waals surface area contributed by atoms with Crippen molar-refractivity contribution in [2.75, 3.05) is 132 Å². The van der Waals surface area contributed by atoms with E-state index >= 15 is 0 Å². The van der Waals surface area contributed by atoms with Crippen LogP contribution in [0.25, 0.3) is 0 Å². The molecule has 0 spiro atoms. The number of hydrogen-bond donors (Lipinski definition) is 20. The van der Waals surface area contributed by atoms with Crippen molar-refractivity contribution in [3.63, 3.8) is 0 Å². The van der Waals surface area contributed by atoms with E-state index < -0.39 is 149 Å². The molecule has 0 aliphatic carbocycles. The number of phosphoric acid groups is 1. The second-order valence-electron chi connectivity index (χ2n) is 32.2. The van der Waals surface area contributed by atoms with Crippen LogP contribution in [0.1, 0.15) is 201 Å². The number of unbranched alkanes of at least 4 members (excludes halogenated alkanes) is 10. The highest BCUT2D eigenvalue weighted by atomic mass is 31.2. The Bertz CT molecular complexity index is 2950. The van der Waals surface area contributed by atoms with Crippen molar-refractivity contribution in [2.24, 2.45) is 11.3 Å². The molecule has 20 N–H and O–H groups in total. The van der Waals surface area contributed by atoms with Crippen molar-refractivity contribution < 1.29 is 160 Å². The maximum atomic E-state index is 14.2. The Labute approximate surface area is 724 Å². The van der Waals surface area contributed by atoms with Gasteiger partial charge in [0, 0.05) is 150 Å². The van der Waals surface area contributed by atoms with E-state index in [2.05, 4.69) is 47.9 Å². The lowest BCUT2D eigenvalue weighted by atomic mass is 9.84. The van der Waals surface area contributed by atoms with Gasteiger partial charge in [-0.05, 0) is 83.0 Å². The minimum absolute atomic E-state index is 0.0702. The van der Waals surface area contributed by atoms with E-state index in [4.69, 9.17) is 47.2 Å². The van der Waals surface area contributed by atoms with E-state index in [9.17, 15) is 113 Å². The van der Waals surface area contributed by atoms with Gasteiger partial charge in [-0.1, -0.05) is 45.4 Å². The van der Waals surface area contributed by atoms with Gasteiger partial charge in [0.15, 0.2) is 18.9 Å². The number of phosphoric ester groups is 1. The number of aliphatic hydroxyl groups excluding tert-OH is 9. The zero-order chi connectivity index (χ0) is 91.4. The minimum atomic E-state index is -4.69. The van der Waals surface area contributed by atoms with Crippen molar-refractivity contribution >= 4 is 72.7 Å². The molecule has 716 valence electrons. The van der Waals surface area contributed by atoms with Crippen LogP contribution in [0.3, 0.4) is 0 Å². The van der Waals surface area contributed by atoms with Crippen molar-refractivity contribution in [3.05, 3.63) is 0 Å². The average molecular weight is 1800 g/mol. The van der Waals surface area contributed by atoms with Crippen LogP contribution < -0.4 is 47.9 Å². The molecular formula is C80H143N10O33P. The van der Waals surface area contributed by atoms with Crippen molar-refractivity contribution in [1.82, 2.24) is 52.8 Å². The SMILES string of the molecule is CC(=O)NC1C(OCCCCC(=O)NCCCNC(=O)CCOCC(COCCC(=O)NCCCNC(=O)CCCCOC2OC(CO)C(O)C(O)C2NC(C)=O)(COCCC(=O)NCCCNC(=O)CCCCOC2OC(CO)C(O)C(O)C2NC(C)=O)CC(=O)CCCCCCCCCCC(=O)N2C[C@H](C)C[C@H]2COP(=O)(O)O)OC(CO)C(O)C1O. The lowest BCUT2D eigenvalue weighted by molar-refractivity contribution is -0.270. The molecule has 4 aliphatic heterocycles. The first-order chi connectivity index (χ1) is 59.2. The van der Waals surface area contributed by atoms with Crippen LogP contribution in [0.15, 0.2) is 0 Å². The molecule has 4 aliphatic rings. The minimum Gasteiger partial charge on any atom is -0.394 e. The fourth-order valence-electron chi connectivity index (χ4n) is 14.5. The quantitative estimate of drug-likeness (QED) is 0.0209. The van der Waals surface area contributed by atoms with Gasteiger partial charge >= 0.3 is 7.82 Å². The third kappa shape index (κ3) is 45.1. The molecule has 10 amide bonds. The summed E-state index contributed by atoms with van der Waals surface area (Å²) < 4.78 is 68.5. The standard InChI is InChI=1S/C80H143N10O33P/c1-52-42-56(48-120-124(111,112)113)90(44-52)67(104)26-12-10-8-6-5-7-9-11-22-57(97)43-80(49-114-39-27-64(101)84-33-19-30-81-61(98)23-13-16-36-117-77-68(87-53(2)94)74(108)71(105)58(45-91)121-77,50-115-40-28-65(102)85-34-20-31-82-62(99)24-14-17-37-118-78-69(88-54(3)95)75(109)72(106)59(46-92)122-78)51-116-41-29-66(103)86-35-21-32-83-63(100)25-15-18-38-119-79-70(89-55(4)96)76(110)73(107)60(47-93)123-79/h52,56,58-60,68-79,91-93,105-110H,5-51H2,1-4H3,(H,81,98)(H,82,99)(H,83,100)(H,84,101)(H,85,102)(H,86,103)(H,87,94)(H,88,95)(H,89,96)(H2,111,112,113)/t52-,56+,58?,59?,60?,68?,69?,70?,71?,72?,73?,74?,75?,76?,77?,78?,79?,80?/m1/s1. The van der Waals surface area contributed by atoms with E-state index in [1.807, 2.05) is 6.92 Å². The third-order valence-corrected chi connectivity index (χ3v) is 21.7. The number of hydrogen-bond acceptors (Lipinski definition) is 31. The predicted octanol–water partition coefficient (Wildman–Crippen LogP) is -3.34. The van der Waals surface area contributed by atoms with E-state index in [1.165, 1.54) is 20.8 Å². The molecule has 4 saturated heterocycles. The van der Waals surface area contributed by atoms with E-state index in [0.29, 0.717) is 90.0 Å². The van der Waals surface area contributed by atoms with Crippen molar-refractivity contribution in [3.8, 4) is 0 Å². The molecular weight excluding hydrogens is 1660 g/mol. The fraction of sp³-hybridized carbons (Fsp3) is 0.863. The van der Waals surface area contributed by atoms with E-state index in [0.717, 1.165) is 38.5 Å². The molecule has 0 aromatic rings. The number of aliphatic hydroxyl groups is 9. The molecule has 124 heavy (non-hydrogen) atoms. The first kappa shape index (κ1) is 110. The molecule has 0 radical (unpaired) electrons. The second kappa shape index (κ2) is 62.1. The van der Waals surface area contributed by atoms with Gasteiger partial charge in [0.25, 0.3) is 0 Å². The summed E-state index contributed by atoms with van der Waals surface area (Å²) in [6.45, 7) is 4.85. The molecule has 44 heteroatoms. The highest BCUT2D eigenvalue weighted by Crippen LogP contribution is 2.38. The number of rotatable bonds is 67. The summed E-state index contributed by atoms with van der Waals surface area (Å²) in [5, 5.41) is 115. The summed E-state index contributed by atoms with van der Waals surface area (Å²) >= 11 is 0. The normalized spacial score (nSPS) is 25.0. The van der Waals surface area contributed by atoms with Crippen molar-refractivity contribution in [1.29, 1.82) is 0 Å². The van der Waals surface area contributed by atoms with Crippen LogP contribution in [-0.4, -0.2) is 355 Å². The van der Waals surface area contributed by atoms with Crippen LogP contribution in [-0.2, 0) is 104 Å². The van der Waals surface area contributed by atoms with E-state index in [-0.39, 0.29) is 210 Å². The molecule has 4 heterocycles.